The molecule has 0 amide bonds. The van der Waals surface area contributed by atoms with Crippen LogP contribution in [0.3, 0.4) is 0 Å². The fraction of sp³-hybridized carbons (Fsp3) is 0.429. The predicted octanol–water partition coefficient (Wildman–Crippen LogP) is 3.10. The molecule has 0 aliphatic carbocycles. The molecule has 2 rings (SSSR count). The van der Waals surface area contributed by atoms with E-state index in [9.17, 15) is 0 Å². The van der Waals surface area contributed by atoms with Crippen LogP contribution in [0.5, 0.6) is 0 Å². The Bertz CT molecular complexity index is 580. The Hall–Kier alpha value is -0.870. The highest BCUT2D eigenvalue weighted by Gasteiger charge is 2.08. The van der Waals surface area contributed by atoms with Crippen LogP contribution in [-0.2, 0) is 13.1 Å². The number of halogens is 1. The summed E-state index contributed by atoms with van der Waals surface area (Å²) in [5.74, 6) is 0.876. The summed E-state index contributed by atoms with van der Waals surface area (Å²) in [6.07, 6.45) is 0. The van der Waals surface area contributed by atoms with Gasteiger partial charge in [-0.2, -0.15) is 11.3 Å². The molecule has 0 atom stereocenters. The van der Waals surface area contributed by atoms with Gasteiger partial charge < -0.3 is 15.1 Å². The Morgan fingerprint density at radius 3 is 2.64 bits per heavy atom. The van der Waals surface area contributed by atoms with E-state index in [0.717, 1.165) is 23.3 Å². The van der Waals surface area contributed by atoms with Crippen molar-refractivity contribution >= 4 is 57.7 Å². The molecule has 0 radical (unpaired) electrons. The summed E-state index contributed by atoms with van der Waals surface area (Å²) in [5.41, 5.74) is 2.34. The molecule has 122 valence electrons. The van der Waals surface area contributed by atoms with Gasteiger partial charge in [-0.3, -0.25) is 4.99 Å². The first-order valence-corrected chi connectivity index (χ1v) is 8.47. The van der Waals surface area contributed by atoms with Crippen LogP contribution in [0.25, 0.3) is 0 Å². The van der Waals surface area contributed by atoms with Crippen molar-refractivity contribution < 1.29 is 0 Å². The molecule has 0 spiro atoms. The summed E-state index contributed by atoms with van der Waals surface area (Å²) >= 11 is 3.37. The van der Waals surface area contributed by atoms with E-state index >= 15 is 0 Å². The maximum atomic E-state index is 4.56. The van der Waals surface area contributed by atoms with E-state index in [1.54, 1.807) is 29.7 Å². The number of guanidine groups is 1. The standard InChI is InChI=1S/C14H21N5S2.HI/c1-15-13(19(4)8-11-5-6-20-9-11)16-7-12-10-21-14(17-12)18(2)3;/h5-6,9-10H,7-8H2,1-4H3,(H,15,16);1H. The van der Waals surface area contributed by atoms with E-state index in [0.29, 0.717) is 6.54 Å². The molecule has 0 saturated heterocycles. The maximum absolute atomic E-state index is 4.56. The molecule has 0 saturated carbocycles. The number of aliphatic imine (C=N–C) groups is 1. The lowest BCUT2D eigenvalue weighted by Crippen LogP contribution is -2.38. The molecule has 2 aromatic rings. The fourth-order valence-corrected chi connectivity index (χ4v) is 3.29. The summed E-state index contributed by atoms with van der Waals surface area (Å²) in [6, 6.07) is 2.14. The summed E-state index contributed by atoms with van der Waals surface area (Å²) in [5, 5.41) is 10.7. The van der Waals surface area contributed by atoms with Crippen LogP contribution in [0, 0.1) is 0 Å². The van der Waals surface area contributed by atoms with Crippen molar-refractivity contribution in [3.63, 3.8) is 0 Å². The van der Waals surface area contributed by atoms with Gasteiger partial charge in [0.05, 0.1) is 12.2 Å². The first kappa shape index (κ1) is 19.2. The minimum atomic E-state index is 0. The van der Waals surface area contributed by atoms with Crippen molar-refractivity contribution in [2.45, 2.75) is 13.1 Å². The lowest BCUT2D eigenvalue weighted by atomic mass is 10.3. The van der Waals surface area contributed by atoms with Crippen LogP contribution >= 0.6 is 46.7 Å². The molecule has 0 aliphatic heterocycles. The topological polar surface area (TPSA) is 43.8 Å². The van der Waals surface area contributed by atoms with Gasteiger partial charge in [-0.15, -0.1) is 35.3 Å². The van der Waals surface area contributed by atoms with E-state index in [1.165, 1.54) is 5.56 Å². The molecule has 2 heterocycles. The van der Waals surface area contributed by atoms with Gasteiger partial charge in [0.15, 0.2) is 11.1 Å². The van der Waals surface area contributed by atoms with Crippen LogP contribution in [0.15, 0.2) is 27.2 Å². The number of hydrogen-bond donors (Lipinski definition) is 1. The van der Waals surface area contributed by atoms with E-state index < -0.39 is 0 Å². The van der Waals surface area contributed by atoms with Crippen molar-refractivity contribution in [3.05, 3.63) is 33.5 Å². The quantitative estimate of drug-likeness (QED) is 0.431. The summed E-state index contributed by atoms with van der Waals surface area (Å²) < 4.78 is 0. The van der Waals surface area contributed by atoms with Gasteiger partial charge in [0.25, 0.3) is 0 Å². The Kier molecular flexibility index (Phi) is 8.12. The number of rotatable bonds is 5. The molecule has 1 N–H and O–H groups in total. The van der Waals surface area contributed by atoms with Crippen molar-refractivity contribution in [3.8, 4) is 0 Å². The van der Waals surface area contributed by atoms with Crippen LogP contribution in [0.4, 0.5) is 5.13 Å². The lowest BCUT2D eigenvalue weighted by Gasteiger charge is -2.21. The zero-order valence-electron chi connectivity index (χ0n) is 13.2. The largest absolute Gasteiger partial charge is 0.354 e. The van der Waals surface area contributed by atoms with Crippen molar-refractivity contribution in [1.82, 2.24) is 15.2 Å². The molecule has 0 fully saturated rings. The zero-order valence-corrected chi connectivity index (χ0v) is 17.2. The second-order valence-corrected chi connectivity index (χ2v) is 6.52. The predicted molar refractivity (Wildman–Crippen MR) is 108 cm³/mol. The van der Waals surface area contributed by atoms with Gasteiger partial charge >= 0.3 is 0 Å². The fourth-order valence-electron chi connectivity index (χ4n) is 1.87. The average Bonchev–Trinajstić information content (AvgIpc) is 3.10. The normalized spacial score (nSPS) is 11.0. The Morgan fingerprint density at radius 1 is 1.32 bits per heavy atom. The van der Waals surface area contributed by atoms with Gasteiger partial charge in [-0.25, -0.2) is 4.98 Å². The molecule has 0 aromatic carbocycles. The van der Waals surface area contributed by atoms with Gasteiger partial charge in [0, 0.05) is 40.1 Å². The minimum Gasteiger partial charge on any atom is -0.354 e. The second-order valence-electron chi connectivity index (χ2n) is 4.90. The summed E-state index contributed by atoms with van der Waals surface area (Å²) in [7, 11) is 7.85. The number of nitrogens with zero attached hydrogens (tertiary/aromatic N) is 4. The second kappa shape index (κ2) is 9.31. The smallest absolute Gasteiger partial charge is 0.194 e. The van der Waals surface area contributed by atoms with Crippen LogP contribution in [0.2, 0.25) is 0 Å². The third-order valence-electron chi connectivity index (χ3n) is 2.92. The highest BCUT2D eigenvalue weighted by atomic mass is 127. The Morgan fingerprint density at radius 2 is 2.09 bits per heavy atom. The Labute approximate surface area is 157 Å². The van der Waals surface area contributed by atoms with E-state index in [2.05, 4.69) is 42.4 Å². The van der Waals surface area contributed by atoms with E-state index in [-0.39, 0.29) is 24.0 Å². The highest BCUT2D eigenvalue weighted by molar-refractivity contribution is 14.0. The zero-order chi connectivity index (χ0) is 15.2. The number of hydrogen-bond acceptors (Lipinski definition) is 5. The first-order chi connectivity index (χ1) is 10.1. The molecule has 22 heavy (non-hydrogen) atoms. The van der Waals surface area contributed by atoms with Crippen LogP contribution < -0.4 is 10.2 Å². The van der Waals surface area contributed by atoms with Crippen molar-refractivity contribution in [2.75, 3.05) is 33.1 Å². The van der Waals surface area contributed by atoms with Gasteiger partial charge in [-0.1, -0.05) is 0 Å². The molecule has 2 aromatic heterocycles. The number of thiazole rings is 1. The monoisotopic (exact) mass is 451 g/mol. The minimum absolute atomic E-state index is 0. The van der Waals surface area contributed by atoms with Crippen LogP contribution in [0.1, 0.15) is 11.3 Å². The number of anilines is 1. The summed E-state index contributed by atoms with van der Waals surface area (Å²) in [6.45, 7) is 1.54. The SMILES string of the molecule is CN=C(NCc1csc(N(C)C)n1)N(C)Cc1ccsc1.I. The maximum Gasteiger partial charge on any atom is 0.194 e. The van der Waals surface area contributed by atoms with E-state index in [4.69, 9.17) is 0 Å². The lowest BCUT2D eigenvalue weighted by molar-refractivity contribution is 0.477. The number of aromatic nitrogens is 1. The Balaban J connectivity index is 0.00000242. The first-order valence-electron chi connectivity index (χ1n) is 6.64. The highest BCUT2D eigenvalue weighted by Crippen LogP contribution is 2.17. The third kappa shape index (κ3) is 5.40. The summed E-state index contributed by atoms with van der Waals surface area (Å²) in [4.78, 5) is 13.0. The van der Waals surface area contributed by atoms with Crippen LogP contribution in [-0.4, -0.2) is 44.0 Å². The average molecular weight is 451 g/mol. The molecule has 0 aliphatic rings. The molecule has 0 bridgehead atoms. The van der Waals surface area contributed by atoms with Crippen molar-refractivity contribution in [1.29, 1.82) is 0 Å². The molecule has 8 heteroatoms. The van der Waals surface area contributed by atoms with E-state index in [1.807, 2.05) is 26.0 Å². The molecular formula is C14H22IN5S2. The number of thiophene rings is 1. The van der Waals surface area contributed by atoms with Gasteiger partial charge in [-0.05, 0) is 22.4 Å². The molecule has 0 unspecified atom stereocenters. The molecule has 5 nitrogen and oxygen atoms in total. The number of nitrogens with one attached hydrogen (secondary N) is 1. The van der Waals surface area contributed by atoms with Gasteiger partial charge in [0.2, 0.25) is 0 Å². The third-order valence-corrected chi connectivity index (χ3v) is 4.71. The van der Waals surface area contributed by atoms with Gasteiger partial charge in [0.1, 0.15) is 0 Å². The molecular weight excluding hydrogens is 429 g/mol. The van der Waals surface area contributed by atoms with Crippen molar-refractivity contribution in [2.24, 2.45) is 4.99 Å².